The lowest BCUT2D eigenvalue weighted by Gasteiger charge is -2.29. The van der Waals surface area contributed by atoms with Crippen LogP contribution in [0.5, 0.6) is 0 Å². The molecule has 0 aromatic carbocycles. The molecule has 134 valence electrons. The van der Waals surface area contributed by atoms with E-state index in [4.69, 9.17) is 0 Å². The van der Waals surface area contributed by atoms with Crippen LogP contribution in [0.2, 0.25) is 0 Å². The van der Waals surface area contributed by atoms with E-state index in [9.17, 15) is 13.2 Å². The molecule has 1 heterocycles. The fraction of sp³-hybridized carbons (Fsp3) is 0.938. The van der Waals surface area contributed by atoms with Gasteiger partial charge in [-0.15, -0.1) is 0 Å². The van der Waals surface area contributed by atoms with Crippen molar-refractivity contribution in [2.75, 3.05) is 33.2 Å². The molecule has 1 saturated carbocycles. The molecule has 0 aromatic rings. The lowest BCUT2D eigenvalue weighted by Crippen LogP contribution is -2.47. The zero-order valence-corrected chi connectivity index (χ0v) is 14.2. The number of nitrogens with one attached hydrogen (secondary N) is 2. The van der Waals surface area contributed by atoms with Gasteiger partial charge in [-0.3, -0.25) is 9.89 Å². The number of hydrogen-bond acceptors (Lipinski definition) is 2. The van der Waals surface area contributed by atoms with Crippen molar-refractivity contribution in [3.05, 3.63) is 0 Å². The summed E-state index contributed by atoms with van der Waals surface area (Å²) in [6, 6.07) is 0.0321. The summed E-state index contributed by atoms with van der Waals surface area (Å²) >= 11 is 0. The van der Waals surface area contributed by atoms with Gasteiger partial charge in [0.1, 0.15) is 0 Å². The highest BCUT2D eigenvalue weighted by molar-refractivity contribution is 5.80. The Labute approximate surface area is 136 Å². The van der Waals surface area contributed by atoms with Crippen LogP contribution in [0.15, 0.2) is 4.99 Å². The van der Waals surface area contributed by atoms with Gasteiger partial charge in [0.05, 0.1) is 6.54 Å². The molecule has 2 N–H and O–H groups in total. The van der Waals surface area contributed by atoms with Crippen molar-refractivity contribution in [3.8, 4) is 0 Å². The van der Waals surface area contributed by atoms with Gasteiger partial charge in [0.25, 0.3) is 0 Å². The number of likely N-dealkylation sites (tertiary alicyclic amines) is 1. The van der Waals surface area contributed by atoms with E-state index in [0.29, 0.717) is 24.5 Å². The minimum Gasteiger partial charge on any atom is -0.356 e. The maximum Gasteiger partial charge on any atom is 0.401 e. The number of nitrogens with zero attached hydrogens (tertiary/aromatic N) is 2. The predicted molar refractivity (Wildman–Crippen MR) is 86.6 cm³/mol. The van der Waals surface area contributed by atoms with E-state index in [1.165, 1.54) is 30.6 Å². The van der Waals surface area contributed by atoms with Crippen LogP contribution < -0.4 is 10.6 Å². The van der Waals surface area contributed by atoms with Crippen LogP contribution in [0.3, 0.4) is 0 Å². The van der Waals surface area contributed by atoms with E-state index in [2.05, 4.69) is 22.5 Å². The highest BCUT2D eigenvalue weighted by Gasteiger charge is 2.35. The molecule has 1 unspecified atom stereocenters. The number of rotatable bonds is 5. The SMILES string of the molecule is CCC1(CNC(=NC)NC2CCN(CC(F)(F)F)C2)CCCC1. The number of halogens is 3. The van der Waals surface area contributed by atoms with Gasteiger partial charge < -0.3 is 10.6 Å². The molecule has 1 aliphatic carbocycles. The van der Waals surface area contributed by atoms with Crippen molar-refractivity contribution in [3.63, 3.8) is 0 Å². The minimum atomic E-state index is -4.12. The first-order valence-electron chi connectivity index (χ1n) is 8.62. The molecule has 0 spiro atoms. The summed E-state index contributed by atoms with van der Waals surface area (Å²) in [7, 11) is 1.71. The normalized spacial score (nSPS) is 25.8. The third-order valence-corrected chi connectivity index (χ3v) is 5.28. The monoisotopic (exact) mass is 334 g/mol. The van der Waals surface area contributed by atoms with E-state index in [-0.39, 0.29) is 6.04 Å². The molecule has 0 radical (unpaired) electrons. The topological polar surface area (TPSA) is 39.7 Å². The van der Waals surface area contributed by atoms with Crippen molar-refractivity contribution >= 4 is 5.96 Å². The van der Waals surface area contributed by atoms with Crippen LogP contribution >= 0.6 is 0 Å². The van der Waals surface area contributed by atoms with Gasteiger partial charge in [-0.05, 0) is 31.1 Å². The molecule has 0 bridgehead atoms. The van der Waals surface area contributed by atoms with Gasteiger partial charge >= 0.3 is 6.18 Å². The minimum absolute atomic E-state index is 0.0321. The summed E-state index contributed by atoms with van der Waals surface area (Å²) in [5.41, 5.74) is 0.357. The Morgan fingerprint density at radius 2 is 2.00 bits per heavy atom. The maximum absolute atomic E-state index is 12.4. The highest BCUT2D eigenvalue weighted by atomic mass is 19.4. The lowest BCUT2D eigenvalue weighted by atomic mass is 9.83. The summed E-state index contributed by atoms with van der Waals surface area (Å²) in [6.07, 6.45) is 2.82. The molecule has 7 heteroatoms. The molecule has 1 aliphatic heterocycles. The summed E-state index contributed by atoms with van der Waals surface area (Å²) in [6.45, 7) is 3.19. The van der Waals surface area contributed by atoms with Gasteiger partial charge in [-0.2, -0.15) is 13.2 Å². The molecular formula is C16H29F3N4. The Bertz CT molecular complexity index is 403. The van der Waals surface area contributed by atoms with Gasteiger partial charge in [-0.1, -0.05) is 19.8 Å². The zero-order chi connectivity index (χ0) is 16.9. The van der Waals surface area contributed by atoms with E-state index < -0.39 is 12.7 Å². The highest BCUT2D eigenvalue weighted by Crippen LogP contribution is 2.40. The Hall–Kier alpha value is -0.980. The summed E-state index contributed by atoms with van der Waals surface area (Å²) in [5, 5.41) is 6.67. The molecule has 1 saturated heterocycles. The van der Waals surface area contributed by atoms with Gasteiger partial charge in [0.15, 0.2) is 5.96 Å². The Morgan fingerprint density at radius 3 is 2.57 bits per heavy atom. The van der Waals surface area contributed by atoms with Crippen LogP contribution in [0.25, 0.3) is 0 Å². The molecule has 0 aromatic heterocycles. The van der Waals surface area contributed by atoms with E-state index in [1.54, 1.807) is 7.05 Å². The summed E-state index contributed by atoms with van der Waals surface area (Å²) in [4.78, 5) is 5.69. The molecule has 1 atom stereocenters. The molecule has 0 amide bonds. The average molecular weight is 334 g/mol. The fourth-order valence-electron chi connectivity index (χ4n) is 3.79. The Morgan fingerprint density at radius 1 is 1.30 bits per heavy atom. The molecule has 23 heavy (non-hydrogen) atoms. The number of guanidine groups is 1. The molecule has 2 aliphatic rings. The standard InChI is InChI=1S/C16H29F3N4/c1-3-15(7-4-5-8-15)11-21-14(20-2)22-13-6-9-23(10-13)12-16(17,18)19/h13H,3-12H2,1-2H3,(H2,20,21,22). The van der Waals surface area contributed by atoms with Gasteiger partial charge in [0, 0.05) is 32.7 Å². The first kappa shape index (κ1) is 18.4. The van der Waals surface area contributed by atoms with Crippen LogP contribution in [-0.4, -0.2) is 56.3 Å². The predicted octanol–water partition coefficient (Wildman–Crippen LogP) is 2.76. The van der Waals surface area contributed by atoms with Gasteiger partial charge in [0.2, 0.25) is 0 Å². The second-order valence-corrected chi connectivity index (χ2v) is 6.97. The van der Waals surface area contributed by atoms with Crippen molar-refractivity contribution in [1.29, 1.82) is 0 Å². The van der Waals surface area contributed by atoms with Crippen LogP contribution in [0, 0.1) is 5.41 Å². The number of alkyl halides is 3. The smallest absolute Gasteiger partial charge is 0.356 e. The van der Waals surface area contributed by atoms with Crippen molar-refractivity contribution in [2.24, 2.45) is 10.4 Å². The quantitative estimate of drug-likeness (QED) is 0.600. The van der Waals surface area contributed by atoms with E-state index in [1.807, 2.05) is 0 Å². The molecular weight excluding hydrogens is 305 g/mol. The molecule has 2 fully saturated rings. The largest absolute Gasteiger partial charge is 0.401 e. The van der Waals surface area contributed by atoms with E-state index in [0.717, 1.165) is 19.4 Å². The second kappa shape index (κ2) is 7.73. The summed E-state index contributed by atoms with van der Waals surface area (Å²) < 4.78 is 37.3. The number of aliphatic imine (C=N–C) groups is 1. The maximum atomic E-state index is 12.4. The number of hydrogen-bond donors (Lipinski definition) is 2. The third kappa shape index (κ3) is 5.55. The average Bonchev–Trinajstić information content (AvgIpc) is 3.12. The van der Waals surface area contributed by atoms with Gasteiger partial charge in [-0.25, -0.2) is 0 Å². The van der Waals surface area contributed by atoms with E-state index >= 15 is 0 Å². The summed E-state index contributed by atoms with van der Waals surface area (Å²) in [5.74, 6) is 0.712. The first-order chi connectivity index (χ1) is 10.9. The van der Waals surface area contributed by atoms with Crippen molar-refractivity contribution < 1.29 is 13.2 Å². The van der Waals surface area contributed by atoms with Crippen LogP contribution in [0.4, 0.5) is 13.2 Å². The second-order valence-electron chi connectivity index (χ2n) is 6.97. The first-order valence-corrected chi connectivity index (χ1v) is 8.62. The van der Waals surface area contributed by atoms with Crippen LogP contribution in [-0.2, 0) is 0 Å². The fourth-order valence-corrected chi connectivity index (χ4v) is 3.79. The molecule has 4 nitrogen and oxygen atoms in total. The van der Waals surface area contributed by atoms with Crippen molar-refractivity contribution in [1.82, 2.24) is 15.5 Å². The Kier molecular flexibility index (Phi) is 6.17. The molecule has 2 rings (SSSR count). The third-order valence-electron chi connectivity index (χ3n) is 5.28. The van der Waals surface area contributed by atoms with Crippen molar-refractivity contribution in [2.45, 2.75) is 57.7 Å². The van der Waals surface area contributed by atoms with Crippen LogP contribution in [0.1, 0.15) is 45.4 Å². The lowest BCUT2D eigenvalue weighted by molar-refractivity contribution is -0.143. The Balaban J connectivity index is 1.77. The zero-order valence-electron chi connectivity index (χ0n) is 14.2.